The van der Waals surface area contributed by atoms with Crippen LogP contribution in [-0.2, 0) is 9.53 Å². The molecular weight excluding hydrogens is 270 g/mol. The Morgan fingerprint density at radius 3 is 2.57 bits per heavy atom. The van der Waals surface area contributed by atoms with Gasteiger partial charge in [0, 0.05) is 32.9 Å². The van der Waals surface area contributed by atoms with Crippen LogP contribution in [-0.4, -0.2) is 68.6 Å². The fourth-order valence-corrected chi connectivity index (χ4v) is 2.09. The fourth-order valence-electron chi connectivity index (χ4n) is 2.09. The second-order valence-corrected chi connectivity index (χ2v) is 5.09. The highest BCUT2D eigenvalue weighted by Crippen LogP contribution is 2.17. The molecule has 1 heterocycles. The first-order valence-electron chi connectivity index (χ1n) is 6.99. The van der Waals surface area contributed by atoms with Gasteiger partial charge < -0.3 is 19.9 Å². The lowest BCUT2D eigenvalue weighted by Gasteiger charge is -2.27. The van der Waals surface area contributed by atoms with E-state index < -0.39 is 0 Å². The normalized spacial score (nSPS) is 14.7. The number of carbonyl (C=O) groups is 2. The smallest absolute Gasteiger partial charge is 0.256 e. The molecule has 21 heavy (non-hydrogen) atoms. The Hall–Kier alpha value is -2.08. The van der Waals surface area contributed by atoms with Crippen LogP contribution in [0.4, 0.5) is 5.69 Å². The molecule has 0 aliphatic carbocycles. The zero-order chi connectivity index (χ0) is 15.2. The van der Waals surface area contributed by atoms with E-state index in [0.717, 1.165) is 0 Å². The van der Waals surface area contributed by atoms with Crippen LogP contribution >= 0.6 is 0 Å². The number of likely N-dealkylation sites (N-methyl/N-ethyl adjacent to an activating group) is 1. The van der Waals surface area contributed by atoms with E-state index in [0.29, 0.717) is 37.6 Å². The van der Waals surface area contributed by atoms with Gasteiger partial charge in [0.2, 0.25) is 5.91 Å². The van der Waals surface area contributed by atoms with Crippen LogP contribution < -0.4 is 5.32 Å². The average Bonchev–Trinajstić information content (AvgIpc) is 2.53. The molecule has 0 radical (unpaired) electrons. The monoisotopic (exact) mass is 291 g/mol. The number of nitrogens with one attached hydrogen (secondary N) is 1. The lowest BCUT2D eigenvalue weighted by molar-refractivity contribution is -0.126. The molecule has 1 aliphatic rings. The number of rotatable bonds is 4. The molecule has 1 N–H and O–H groups in total. The van der Waals surface area contributed by atoms with Crippen molar-refractivity contribution in [1.82, 2.24) is 9.80 Å². The van der Waals surface area contributed by atoms with Crippen LogP contribution in [0.25, 0.3) is 0 Å². The molecule has 1 saturated heterocycles. The quantitative estimate of drug-likeness (QED) is 0.885. The molecule has 0 spiro atoms. The number of nitrogens with zero attached hydrogens (tertiary/aromatic N) is 2. The van der Waals surface area contributed by atoms with Gasteiger partial charge in [0.25, 0.3) is 5.91 Å². The van der Waals surface area contributed by atoms with Gasteiger partial charge >= 0.3 is 0 Å². The number of morpholine rings is 1. The molecule has 1 aliphatic heterocycles. The van der Waals surface area contributed by atoms with Crippen molar-refractivity contribution >= 4 is 17.5 Å². The zero-order valence-electron chi connectivity index (χ0n) is 12.5. The number of hydrogen-bond donors (Lipinski definition) is 1. The molecule has 114 valence electrons. The van der Waals surface area contributed by atoms with Gasteiger partial charge in [-0.15, -0.1) is 0 Å². The van der Waals surface area contributed by atoms with Gasteiger partial charge in [0.15, 0.2) is 0 Å². The fraction of sp³-hybridized carbons (Fsp3) is 0.467. The molecule has 6 nitrogen and oxygen atoms in total. The van der Waals surface area contributed by atoms with Crippen molar-refractivity contribution in [3.8, 4) is 0 Å². The minimum absolute atomic E-state index is 0.0290. The SMILES string of the molecule is CN(C)C(=O)CNc1ccccc1C(=O)N1CCOCC1. The first kappa shape index (κ1) is 15.3. The van der Waals surface area contributed by atoms with Crippen molar-refractivity contribution in [1.29, 1.82) is 0 Å². The molecule has 6 heteroatoms. The highest BCUT2D eigenvalue weighted by molar-refractivity contribution is 6.00. The molecule has 0 unspecified atom stereocenters. The second-order valence-electron chi connectivity index (χ2n) is 5.09. The summed E-state index contributed by atoms with van der Waals surface area (Å²) in [5, 5.41) is 3.04. The summed E-state index contributed by atoms with van der Waals surface area (Å²) in [6.07, 6.45) is 0. The van der Waals surface area contributed by atoms with E-state index in [4.69, 9.17) is 4.74 Å². The first-order valence-corrected chi connectivity index (χ1v) is 6.99. The van der Waals surface area contributed by atoms with Gasteiger partial charge in [-0.05, 0) is 12.1 Å². The molecule has 1 aromatic carbocycles. The predicted octanol–water partition coefficient (Wildman–Crippen LogP) is 0.659. The van der Waals surface area contributed by atoms with Gasteiger partial charge in [0.05, 0.1) is 25.3 Å². The number of amides is 2. The van der Waals surface area contributed by atoms with Gasteiger partial charge in [-0.2, -0.15) is 0 Å². The van der Waals surface area contributed by atoms with E-state index in [1.54, 1.807) is 25.1 Å². The van der Waals surface area contributed by atoms with Crippen LogP contribution in [0.5, 0.6) is 0 Å². The number of anilines is 1. The summed E-state index contributed by atoms with van der Waals surface area (Å²) in [5.41, 5.74) is 1.27. The first-order chi connectivity index (χ1) is 10.1. The zero-order valence-corrected chi connectivity index (χ0v) is 12.5. The number of para-hydroxylation sites is 1. The van der Waals surface area contributed by atoms with Crippen LogP contribution in [0.1, 0.15) is 10.4 Å². The minimum atomic E-state index is -0.0383. The molecule has 1 fully saturated rings. The number of carbonyl (C=O) groups excluding carboxylic acids is 2. The van der Waals surface area contributed by atoms with E-state index in [2.05, 4.69) is 5.32 Å². The molecule has 0 atom stereocenters. The molecule has 1 aromatic rings. The summed E-state index contributed by atoms with van der Waals surface area (Å²) in [6, 6.07) is 7.27. The summed E-state index contributed by atoms with van der Waals surface area (Å²) >= 11 is 0. The standard InChI is InChI=1S/C15H21N3O3/c1-17(2)14(19)11-16-13-6-4-3-5-12(13)15(20)18-7-9-21-10-8-18/h3-6,16H,7-11H2,1-2H3. The predicted molar refractivity (Wildman–Crippen MR) is 80.3 cm³/mol. The lowest BCUT2D eigenvalue weighted by atomic mass is 10.1. The molecule has 2 rings (SSSR count). The third kappa shape index (κ3) is 3.95. The van der Waals surface area contributed by atoms with Crippen LogP contribution in [0, 0.1) is 0 Å². The number of ether oxygens (including phenoxy) is 1. The number of hydrogen-bond acceptors (Lipinski definition) is 4. The Kier molecular flexibility index (Phi) is 5.16. The Labute approximate surface area is 124 Å². The summed E-state index contributed by atoms with van der Waals surface area (Å²) in [7, 11) is 3.41. The third-order valence-electron chi connectivity index (χ3n) is 3.38. The van der Waals surface area contributed by atoms with Crippen molar-refractivity contribution in [3.05, 3.63) is 29.8 Å². The Bertz CT molecular complexity index is 511. The Morgan fingerprint density at radius 2 is 1.90 bits per heavy atom. The van der Waals surface area contributed by atoms with Crippen LogP contribution in [0.2, 0.25) is 0 Å². The lowest BCUT2D eigenvalue weighted by Crippen LogP contribution is -2.41. The highest BCUT2D eigenvalue weighted by atomic mass is 16.5. The van der Waals surface area contributed by atoms with Crippen molar-refractivity contribution in [2.45, 2.75) is 0 Å². The van der Waals surface area contributed by atoms with Gasteiger partial charge in [-0.25, -0.2) is 0 Å². The summed E-state index contributed by atoms with van der Waals surface area (Å²) in [6.45, 7) is 2.51. The van der Waals surface area contributed by atoms with E-state index >= 15 is 0 Å². The maximum Gasteiger partial charge on any atom is 0.256 e. The topological polar surface area (TPSA) is 61.9 Å². The summed E-state index contributed by atoms with van der Waals surface area (Å²) in [4.78, 5) is 27.5. The molecule has 0 bridgehead atoms. The number of benzene rings is 1. The van der Waals surface area contributed by atoms with Gasteiger partial charge in [-0.3, -0.25) is 9.59 Å². The maximum absolute atomic E-state index is 12.5. The third-order valence-corrected chi connectivity index (χ3v) is 3.38. The largest absolute Gasteiger partial charge is 0.378 e. The Balaban J connectivity index is 2.08. The second kappa shape index (κ2) is 7.08. The van der Waals surface area contributed by atoms with E-state index in [-0.39, 0.29) is 18.4 Å². The van der Waals surface area contributed by atoms with Gasteiger partial charge in [-0.1, -0.05) is 12.1 Å². The molecular formula is C15H21N3O3. The Morgan fingerprint density at radius 1 is 1.24 bits per heavy atom. The molecule has 2 amide bonds. The van der Waals surface area contributed by atoms with E-state index in [9.17, 15) is 9.59 Å². The van der Waals surface area contributed by atoms with Crippen LogP contribution in [0.15, 0.2) is 24.3 Å². The van der Waals surface area contributed by atoms with Crippen LogP contribution in [0.3, 0.4) is 0 Å². The highest BCUT2D eigenvalue weighted by Gasteiger charge is 2.20. The minimum Gasteiger partial charge on any atom is -0.378 e. The van der Waals surface area contributed by atoms with Gasteiger partial charge in [0.1, 0.15) is 0 Å². The summed E-state index contributed by atoms with van der Waals surface area (Å²) < 4.78 is 5.26. The summed E-state index contributed by atoms with van der Waals surface area (Å²) in [5.74, 6) is -0.0673. The van der Waals surface area contributed by atoms with Crippen molar-refractivity contribution in [2.24, 2.45) is 0 Å². The molecule has 0 aromatic heterocycles. The van der Waals surface area contributed by atoms with Crippen molar-refractivity contribution in [3.63, 3.8) is 0 Å². The van der Waals surface area contributed by atoms with E-state index in [1.165, 1.54) is 4.90 Å². The van der Waals surface area contributed by atoms with E-state index in [1.807, 2.05) is 18.2 Å². The molecule has 0 saturated carbocycles. The van der Waals surface area contributed by atoms with Crippen molar-refractivity contribution < 1.29 is 14.3 Å². The van der Waals surface area contributed by atoms with Crippen molar-refractivity contribution in [2.75, 3.05) is 52.3 Å². The maximum atomic E-state index is 12.5. The average molecular weight is 291 g/mol.